The highest BCUT2D eigenvalue weighted by atomic mass is 32.2. The lowest BCUT2D eigenvalue weighted by molar-refractivity contribution is -0.120. The van der Waals surface area contributed by atoms with Crippen molar-refractivity contribution in [1.82, 2.24) is 14.9 Å². The molecular weight excluding hydrogens is 344 g/mol. The van der Waals surface area contributed by atoms with Gasteiger partial charge in [0.25, 0.3) is 5.91 Å². The summed E-state index contributed by atoms with van der Waals surface area (Å²) in [6.45, 7) is 0.323. The average molecular weight is 361 g/mol. The minimum Gasteiger partial charge on any atom is -0.353 e. The fourth-order valence-electron chi connectivity index (χ4n) is 2.27. The van der Waals surface area contributed by atoms with Crippen LogP contribution in [0.5, 0.6) is 0 Å². The van der Waals surface area contributed by atoms with Crippen LogP contribution in [-0.4, -0.2) is 56.5 Å². The first kappa shape index (κ1) is 18.3. The Morgan fingerprint density at radius 2 is 1.79 bits per heavy atom. The van der Waals surface area contributed by atoms with Crippen LogP contribution < -0.4 is 10.6 Å². The molecule has 7 nitrogen and oxygen atoms in total. The van der Waals surface area contributed by atoms with E-state index < -0.39 is 33.5 Å². The normalized spacial score (nSPS) is 16.8. The molecule has 0 unspecified atom stereocenters. The lowest BCUT2D eigenvalue weighted by Gasteiger charge is -2.14. The van der Waals surface area contributed by atoms with E-state index in [1.807, 2.05) is 0 Å². The lowest BCUT2D eigenvalue weighted by atomic mass is 10.2. The molecule has 0 bridgehead atoms. The zero-order valence-corrected chi connectivity index (χ0v) is 13.5. The van der Waals surface area contributed by atoms with Crippen molar-refractivity contribution in [3.63, 3.8) is 0 Å². The van der Waals surface area contributed by atoms with E-state index in [1.165, 1.54) is 4.31 Å². The molecule has 1 heterocycles. The number of sulfonamides is 1. The SMILES string of the molecule is O=C(CNC(=O)c1cc(F)cc(F)c1)NCCN1CCCS1(=O)=O. The predicted molar refractivity (Wildman–Crippen MR) is 81.7 cm³/mol. The Morgan fingerprint density at radius 1 is 1.12 bits per heavy atom. The number of amides is 2. The standard InChI is InChI=1S/C14H17F2N3O4S/c15-11-6-10(7-12(16)8-11)14(21)18-9-13(20)17-2-4-19-3-1-5-24(19,22)23/h6-8H,1-5,9H2,(H,17,20)(H,18,21). The van der Waals surface area contributed by atoms with Crippen molar-refractivity contribution in [3.8, 4) is 0 Å². The molecule has 24 heavy (non-hydrogen) atoms. The van der Waals surface area contributed by atoms with Crippen molar-refractivity contribution in [3.05, 3.63) is 35.4 Å². The molecule has 1 aliphatic rings. The average Bonchev–Trinajstić information content (AvgIpc) is 2.82. The van der Waals surface area contributed by atoms with Gasteiger partial charge in [-0.1, -0.05) is 0 Å². The fraction of sp³-hybridized carbons (Fsp3) is 0.429. The van der Waals surface area contributed by atoms with E-state index in [0.717, 1.165) is 12.1 Å². The highest BCUT2D eigenvalue weighted by Gasteiger charge is 2.27. The van der Waals surface area contributed by atoms with Crippen LogP contribution in [0.1, 0.15) is 16.8 Å². The van der Waals surface area contributed by atoms with E-state index in [1.54, 1.807) is 0 Å². The zero-order valence-electron chi connectivity index (χ0n) is 12.7. The second kappa shape index (κ2) is 7.67. The van der Waals surface area contributed by atoms with Crippen LogP contribution in [0, 0.1) is 11.6 Å². The maximum atomic E-state index is 13.0. The molecule has 2 N–H and O–H groups in total. The number of halogens is 2. The molecule has 0 radical (unpaired) electrons. The summed E-state index contributed by atoms with van der Waals surface area (Å²) in [4.78, 5) is 23.3. The maximum Gasteiger partial charge on any atom is 0.251 e. The van der Waals surface area contributed by atoms with Crippen molar-refractivity contribution >= 4 is 21.8 Å². The molecule has 1 aromatic carbocycles. The second-order valence-corrected chi connectivity index (χ2v) is 7.35. The van der Waals surface area contributed by atoms with Gasteiger partial charge in [0.1, 0.15) is 11.6 Å². The van der Waals surface area contributed by atoms with Crippen molar-refractivity contribution in [2.75, 3.05) is 31.9 Å². The van der Waals surface area contributed by atoms with Gasteiger partial charge in [-0.15, -0.1) is 0 Å². The van der Waals surface area contributed by atoms with Crippen LogP contribution in [0.15, 0.2) is 18.2 Å². The van der Waals surface area contributed by atoms with Gasteiger partial charge >= 0.3 is 0 Å². The summed E-state index contributed by atoms with van der Waals surface area (Å²) in [5, 5.41) is 4.70. The first-order valence-corrected chi connectivity index (χ1v) is 8.88. The summed E-state index contributed by atoms with van der Waals surface area (Å²) >= 11 is 0. The Balaban J connectivity index is 1.74. The number of benzene rings is 1. The molecule has 1 aliphatic heterocycles. The third kappa shape index (κ3) is 4.96. The Labute approximate surface area is 138 Å². The van der Waals surface area contributed by atoms with E-state index in [2.05, 4.69) is 10.6 Å². The number of nitrogens with zero attached hydrogens (tertiary/aromatic N) is 1. The molecule has 0 atom stereocenters. The first-order chi connectivity index (χ1) is 11.3. The van der Waals surface area contributed by atoms with Crippen LogP contribution in [0.4, 0.5) is 8.78 Å². The number of carbonyl (C=O) groups is 2. The van der Waals surface area contributed by atoms with Crippen LogP contribution in [-0.2, 0) is 14.8 Å². The van der Waals surface area contributed by atoms with Gasteiger partial charge < -0.3 is 10.6 Å². The smallest absolute Gasteiger partial charge is 0.251 e. The zero-order chi connectivity index (χ0) is 17.7. The topological polar surface area (TPSA) is 95.6 Å². The van der Waals surface area contributed by atoms with Crippen LogP contribution >= 0.6 is 0 Å². The summed E-state index contributed by atoms with van der Waals surface area (Å²) in [6.07, 6.45) is 0.566. The van der Waals surface area contributed by atoms with Gasteiger partial charge in [-0.05, 0) is 18.6 Å². The number of hydrogen-bond acceptors (Lipinski definition) is 4. The van der Waals surface area contributed by atoms with Crippen molar-refractivity contribution < 1.29 is 26.8 Å². The fourth-order valence-corrected chi connectivity index (χ4v) is 3.80. The van der Waals surface area contributed by atoms with E-state index >= 15 is 0 Å². The molecule has 10 heteroatoms. The number of nitrogens with one attached hydrogen (secondary N) is 2. The van der Waals surface area contributed by atoms with Crippen LogP contribution in [0.25, 0.3) is 0 Å². The molecule has 132 valence electrons. The summed E-state index contributed by atoms with van der Waals surface area (Å²) in [5.74, 6) is -2.99. The molecule has 1 aromatic rings. The molecule has 0 aliphatic carbocycles. The van der Waals surface area contributed by atoms with Crippen molar-refractivity contribution in [2.24, 2.45) is 0 Å². The minimum atomic E-state index is -3.21. The Bertz CT molecular complexity index is 719. The highest BCUT2D eigenvalue weighted by molar-refractivity contribution is 7.89. The van der Waals surface area contributed by atoms with Gasteiger partial charge in [0, 0.05) is 31.3 Å². The van der Waals surface area contributed by atoms with Gasteiger partial charge in [-0.2, -0.15) is 0 Å². The predicted octanol–water partition coefficient (Wildman–Crippen LogP) is -0.154. The third-order valence-corrected chi connectivity index (χ3v) is 5.38. The molecule has 1 saturated heterocycles. The summed E-state index contributed by atoms with van der Waals surface area (Å²) in [5.41, 5.74) is -0.233. The summed E-state index contributed by atoms with van der Waals surface area (Å²) in [7, 11) is -3.21. The van der Waals surface area contributed by atoms with Crippen LogP contribution in [0.2, 0.25) is 0 Å². The van der Waals surface area contributed by atoms with Gasteiger partial charge in [-0.3, -0.25) is 9.59 Å². The van der Waals surface area contributed by atoms with E-state index in [9.17, 15) is 26.8 Å². The number of hydrogen-bond donors (Lipinski definition) is 2. The second-order valence-electron chi connectivity index (χ2n) is 5.26. The quantitative estimate of drug-likeness (QED) is 0.736. The largest absolute Gasteiger partial charge is 0.353 e. The first-order valence-electron chi connectivity index (χ1n) is 7.27. The van der Waals surface area contributed by atoms with Gasteiger partial charge in [0.05, 0.1) is 12.3 Å². The molecule has 1 fully saturated rings. The molecule has 0 saturated carbocycles. The summed E-state index contributed by atoms with van der Waals surface area (Å²) < 4.78 is 50.4. The Morgan fingerprint density at radius 3 is 2.38 bits per heavy atom. The summed E-state index contributed by atoms with van der Waals surface area (Å²) in [6, 6.07) is 2.35. The third-order valence-electron chi connectivity index (χ3n) is 3.42. The monoisotopic (exact) mass is 361 g/mol. The van der Waals surface area contributed by atoms with Crippen molar-refractivity contribution in [2.45, 2.75) is 6.42 Å². The van der Waals surface area contributed by atoms with E-state index in [-0.39, 0.29) is 31.0 Å². The van der Waals surface area contributed by atoms with E-state index in [0.29, 0.717) is 19.0 Å². The van der Waals surface area contributed by atoms with Crippen molar-refractivity contribution in [1.29, 1.82) is 0 Å². The number of rotatable bonds is 6. The molecule has 2 rings (SSSR count). The van der Waals surface area contributed by atoms with E-state index in [4.69, 9.17) is 0 Å². The van der Waals surface area contributed by atoms with Crippen LogP contribution in [0.3, 0.4) is 0 Å². The van der Waals surface area contributed by atoms with Gasteiger partial charge in [0.15, 0.2) is 0 Å². The highest BCUT2D eigenvalue weighted by Crippen LogP contribution is 2.11. The molecule has 2 amide bonds. The molecule has 0 spiro atoms. The number of carbonyl (C=O) groups excluding carboxylic acids is 2. The van der Waals surface area contributed by atoms with Gasteiger partial charge in [0.2, 0.25) is 15.9 Å². The minimum absolute atomic E-state index is 0.112. The Hall–Kier alpha value is -2.07. The molecular formula is C14H17F2N3O4S. The maximum absolute atomic E-state index is 13.0. The molecule has 0 aromatic heterocycles. The Kier molecular flexibility index (Phi) is 5.84. The lowest BCUT2D eigenvalue weighted by Crippen LogP contribution is -2.40. The van der Waals surface area contributed by atoms with Gasteiger partial charge in [-0.25, -0.2) is 21.5 Å².